The van der Waals surface area contributed by atoms with Crippen LogP contribution in [0.1, 0.15) is 38.2 Å². The zero-order valence-electron chi connectivity index (χ0n) is 14.0. The Balaban J connectivity index is 2.46. The van der Waals surface area contributed by atoms with Gasteiger partial charge in [-0.2, -0.15) is 0 Å². The minimum atomic E-state index is -1.21. The number of carboxylic acid groups (broad SMARTS) is 2. The van der Waals surface area contributed by atoms with Gasteiger partial charge in [0.2, 0.25) is 0 Å². The first-order valence-corrected chi connectivity index (χ1v) is 7.74. The van der Waals surface area contributed by atoms with Crippen LogP contribution >= 0.6 is 0 Å². The van der Waals surface area contributed by atoms with Gasteiger partial charge >= 0.3 is 0 Å². The summed E-state index contributed by atoms with van der Waals surface area (Å²) in [5, 5.41) is 24.3. The van der Waals surface area contributed by atoms with Gasteiger partial charge in [-0.25, -0.2) is 0 Å². The van der Waals surface area contributed by atoms with Gasteiger partial charge in [0.15, 0.2) is 0 Å². The predicted octanol–water partition coefficient (Wildman–Crippen LogP) is 1.24. The Kier molecular flexibility index (Phi) is 5.12. The molecule has 0 fully saturated rings. The molecular formula is C19H20O5-2. The molecule has 2 aromatic rings. The fraction of sp³-hybridized carbons (Fsp3) is 0.368. The predicted molar refractivity (Wildman–Crippen MR) is 86.3 cm³/mol. The summed E-state index contributed by atoms with van der Waals surface area (Å²) in [6.07, 6.45) is -0.0347. The molecule has 1 atom stereocenters. The zero-order valence-corrected chi connectivity index (χ0v) is 14.0. The first-order chi connectivity index (χ1) is 11.3. The molecule has 5 nitrogen and oxygen atoms in total. The lowest BCUT2D eigenvalue weighted by atomic mass is 9.72. The highest BCUT2D eigenvalue weighted by atomic mass is 16.5. The average Bonchev–Trinajstić information content (AvgIpc) is 2.53. The molecule has 0 N–H and O–H groups in total. The average molecular weight is 328 g/mol. The van der Waals surface area contributed by atoms with E-state index >= 15 is 0 Å². The second-order valence-corrected chi connectivity index (χ2v) is 6.44. The van der Waals surface area contributed by atoms with Gasteiger partial charge in [0, 0.05) is 17.4 Å². The second-order valence-electron chi connectivity index (χ2n) is 6.44. The molecule has 0 aromatic heterocycles. The Morgan fingerprint density at radius 3 is 2.29 bits per heavy atom. The highest BCUT2D eigenvalue weighted by molar-refractivity contribution is 5.85. The van der Waals surface area contributed by atoms with Crippen molar-refractivity contribution in [2.24, 2.45) is 5.41 Å². The maximum Gasteiger partial charge on any atom is 0.119 e. The number of carboxylic acids is 2. The Morgan fingerprint density at radius 1 is 1.08 bits per heavy atom. The van der Waals surface area contributed by atoms with Crippen molar-refractivity contribution in [1.82, 2.24) is 0 Å². The van der Waals surface area contributed by atoms with E-state index < -0.39 is 23.3 Å². The van der Waals surface area contributed by atoms with E-state index in [1.807, 2.05) is 36.4 Å². The van der Waals surface area contributed by atoms with E-state index in [2.05, 4.69) is 0 Å². The minimum Gasteiger partial charge on any atom is -0.550 e. The summed E-state index contributed by atoms with van der Waals surface area (Å²) in [5.41, 5.74) is -0.432. The third-order valence-corrected chi connectivity index (χ3v) is 4.51. The molecular weight excluding hydrogens is 308 g/mol. The zero-order chi connectivity index (χ0) is 17.9. The molecule has 0 unspecified atom stereocenters. The molecule has 0 aliphatic heterocycles. The first-order valence-electron chi connectivity index (χ1n) is 7.74. The molecule has 0 bridgehead atoms. The van der Waals surface area contributed by atoms with Crippen LogP contribution in [0, 0.1) is 5.41 Å². The van der Waals surface area contributed by atoms with Crippen LogP contribution in [-0.4, -0.2) is 19.0 Å². The normalized spacial score (nSPS) is 12.8. The number of benzene rings is 2. The number of fused-ring (bicyclic) bond motifs is 1. The van der Waals surface area contributed by atoms with Gasteiger partial charge in [0.05, 0.1) is 7.11 Å². The number of carbonyl (C=O) groups is 2. The van der Waals surface area contributed by atoms with Crippen LogP contribution in [0.4, 0.5) is 0 Å². The highest BCUT2D eigenvalue weighted by Gasteiger charge is 2.32. The molecule has 5 heteroatoms. The van der Waals surface area contributed by atoms with E-state index in [0.29, 0.717) is 0 Å². The van der Waals surface area contributed by atoms with E-state index in [-0.39, 0.29) is 12.8 Å². The highest BCUT2D eigenvalue weighted by Crippen LogP contribution is 2.40. The van der Waals surface area contributed by atoms with Crippen LogP contribution in [0.3, 0.4) is 0 Å². The van der Waals surface area contributed by atoms with Crippen LogP contribution in [-0.2, 0) is 9.59 Å². The van der Waals surface area contributed by atoms with Gasteiger partial charge in [-0.3, -0.25) is 0 Å². The molecule has 0 radical (unpaired) electrons. The monoisotopic (exact) mass is 328 g/mol. The summed E-state index contributed by atoms with van der Waals surface area (Å²) in [6.45, 7) is 3.11. The molecule has 0 amide bonds. The van der Waals surface area contributed by atoms with Crippen molar-refractivity contribution in [1.29, 1.82) is 0 Å². The Hall–Kier alpha value is -2.56. The third kappa shape index (κ3) is 3.67. The van der Waals surface area contributed by atoms with Gasteiger partial charge in [0.1, 0.15) is 5.75 Å². The van der Waals surface area contributed by atoms with Crippen LogP contribution in [0.25, 0.3) is 10.8 Å². The lowest BCUT2D eigenvalue weighted by Crippen LogP contribution is -2.42. The SMILES string of the molecule is COc1ccc2cc([C@H](CCC(=O)[O-])C(C)(C)C(=O)[O-])ccc2c1. The van der Waals surface area contributed by atoms with Crippen molar-refractivity contribution in [3.63, 3.8) is 0 Å². The molecule has 2 aromatic carbocycles. The number of rotatable bonds is 7. The maximum absolute atomic E-state index is 11.5. The van der Waals surface area contributed by atoms with Gasteiger partial charge in [-0.15, -0.1) is 0 Å². The van der Waals surface area contributed by atoms with Gasteiger partial charge in [0.25, 0.3) is 0 Å². The number of aliphatic carboxylic acids is 2. The van der Waals surface area contributed by atoms with E-state index in [4.69, 9.17) is 4.74 Å². The number of methoxy groups -OCH3 is 1. The smallest absolute Gasteiger partial charge is 0.119 e. The molecule has 0 aliphatic rings. The molecule has 0 aliphatic carbocycles. The Labute approximate surface area is 140 Å². The number of hydrogen-bond donors (Lipinski definition) is 0. The van der Waals surface area contributed by atoms with Crippen molar-refractivity contribution >= 4 is 22.7 Å². The van der Waals surface area contributed by atoms with Crippen molar-refractivity contribution in [2.45, 2.75) is 32.6 Å². The van der Waals surface area contributed by atoms with E-state index in [0.717, 1.165) is 22.1 Å². The molecule has 24 heavy (non-hydrogen) atoms. The van der Waals surface area contributed by atoms with Crippen molar-refractivity contribution in [3.8, 4) is 5.75 Å². The van der Waals surface area contributed by atoms with Crippen molar-refractivity contribution < 1.29 is 24.5 Å². The maximum atomic E-state index is 11.5. The minimum absolute atomic E-state index is 0.172. The standard InChI is InChI=1S/C19H22O5/c1-19(2,18(22)23)16(8-9-17(20)21)14-5-4-13-11-15(24-3)7-6-12(13)10-14/h4-7,10-11,16H,8-9H2,1-3H3,(H,20,21)(H,22,23)/p-2/t16-/m0/s1. The van der Waals surface area contributed by atoms with E-state index in [9.17, 15) is 19.8 Å². The topological polar surface area (TPSA) is 89.5 Å². The fourth-order valence-electron chi connectivity index (χ4n) is 2.93. The molecule has 0 heterocycles. The molecule has 2 rings (SSSR count). The van der Waals surface area contributed by atoms with Gasteiger partial charge in [-0.05, 0) is 47.2 Å². The molecule has 128 valence electrons. The third-order valence-electron chi connectivity index (χ3n) is 4.51. The van der Waals surface area contributed by atoms with Crippen LogP contribution in [0.5, 0.6) is 5.75 Å². The Morgan fingerprint density at radius 2 is 1.71 bits per heavy atom. The number of hydrogen-bond acceptors (Lipinski definition) is 5. The second kappa shape index (κ2) is 6.91. The van der Waals surface area contributed by atoms with Crippen molar-refractivity contribution in [2.75, 3.05) is 7.11 Å². The lowest BCUT2D eigenvalue weighted by Gasteiger charge is -2.36. The van der Waals surface area contributed by atoms with Gasteiger partial charge < -0.3 is 24.5 Å². The molecule has 0 spiro atoms. The fourth-order valence-corrected chi connectivity index (χ4v) is 2.93. The summed E-state index contributed by atoms with van der Waals surface area (Å²) < 4.78 is 5.19. The summed E-state index contributed by atoms with van der Waals surface area (Å²) in [5.74, 6) is -2.16. The van der Waals surface area contributed by atoms with E-state index in [1.54, 1.807) is 21.0 Å². The van der Waals surface area contributed by atoms with Crippen LogP contribution in [0.2, 0.25) is 0 Å². The molecule has 0 saturated carbocycles. The van der Waals surface area contributed by atoms with Crippen LogP contribution in [0.15, 0.2) is 36.4 Å². The number of ether oxygens (including phenoxy) is 1. The largest absolute Gasteiger partial charge is 0.550 e. The van der Waals surface area contributed by atoms with Crippen LogP contribution < -0.4 is 14.9 Å². The summed E-state index contributed by atoms with van der Waals surface area (Å²) in [7, 11) is 1.59. The lowest BCUT2D eigenvalue weighted by molar-refractivity contribution is -0.319. The number of carbonyl (C=O) groups excluding carboxylic acids is 2. The van der Waals surface area contributed by atoms with E-state index in [1.165, 1.54) is 0 Å². The summed E-state index contributed by atoms with van der Waals surface area (Å²) in [4.78, 5) is 22.4. The van der Waals surface area contributed by atoms with Crippen molar-refractivity contribution in [3.05, 3.63) is 42.0 Å². The van der Waals surface area contributed by atoms with Gasteiger partial charge in [-0.1, -0.05) is 38.1 Å². The Bertz CT molecular complexity index is 763. The summed E-state index contributed by atoms with van der Waals surface area (Å²) >= 11 is 0. The first kappa shape index (κ1) is 17.8. The summed E-state index contributed by atoms with van der Waals surface area (Å²) in [6, 6.07) is 11.2. The molecule has 0 saturated heterocycles. The quantitative estimate of drug-likeness (QED) is 0.763.